The second-order valence-corrected chi connectivity index (χ2v) is 10.3. The first-order valence-electron chi connectivity index (χ1n) is 12.7. The molecule has 0 aliphatic carbocycles. The Hall–Kier alpha value is -2.37. The lowest BCUT2D eigenvalue weighted by Crippen LogP contribution is -2.45. The van der Waals surface area contributed by atoms with Crippen molar-refractivity contribution in [3.8, 4) is 0 Å². The fourth-order valence-corrected chi connectivity index (χ4v) is 4.50. The summed E-state index contributed by atoms with van der Waals surface area (Å²) in [5, 5.41) is 4.22. The van der Waals surface area contributed by atoms with Crippen LogP contribution in [0.2, 0.25) is 0 Å². The number of nitrogens with zero attached hydrogens (tertiary/aromatic N) is 3. The summed E-state index contributed by atoms with van der Waals surface area (Å²) >= 11 is 0. The van der Waals surface area contributed by atoms with E-state index in [4.69, 9.17) is 14.6 Å². The highest BCUT2D eigenvalue weighted by molar-refractivity contribution is 6.10. The molecular formula is C27H41N3O3. The largest absolute Gasteiger partial charge is 0.444 e. The molecule has 2 aliphatic rings. The minimum atomic E-state index is -0.517. The van der Waals surface area contributed by atoms with E-state index in [2.05, 4.69) is 37.2 Å². The van der Waals surface area contributed by atoms with Crippen LogP contribution in [0.4, 0.5) is 4.79 Å². The SMILES string of the molecule is CCCCCCCCc1ccc(C2=NOCC([C@@H]3CCCN3C(=O)OC(C)(C)C)=N2)cc1C. The van der Waals surface area contributed by atoms with E-state index in [9.17, 15) is 4.79 Å². The number of benzene rings is 1. The quantitative estimate of drug-likeness (QED) is 0.403. The fraction of sp³-hybridized carbons (Fsp3) is 0.667. The lowest BCUT2D eigenvalue weighted by molar-refractivity contribution is 0.0261. The molecule has 2 aliphatic heterocycles. The minimum absolute atomic E-state index is 0.0987. The summed E-state index contributed by atoms with van der Waals surface area (Å²) in [5.74, 6) is 0.585. The summed E-state index contributed by atoms with van der Waals surface area (Å²) in [6.45, 7) is 11.1. The van der Waals surface area contributed by atoms with Gasteiger partial charge in [-0.2, -0.15) is 0 Å². The Bertz CT molecular complexity index is 870. The lowest BCUT2D eigenvalue weighted by Gasteiger charge is -2.29. The third-order valence-electron chi connectivity index (χ3n) is 6.28. The van der Waals surface area contributed by atoms with Crippen molar-refractivity contribution in [3.63, 3.8) is 0 Å². The number of carbonyl (C=O) groups is 1. The smallest absolute Gasteiger partial charge is 0.410 e. The number of oxime groups is 1. The first kappa shape index (κ1) is 25.3. The van der Waals surface area contributed by atoms with Gasteiger partial charge in [0.15, 0.2) is 12.4 Å². The van der Waals surface area contributed by atoms with Crippen LogP contribution in [-0.2, 0) is 16.0 Å². The Morgan fingerprint density at radius 2 is 1.94 bits per heavy atom. The average Bonchev–Trinajstić information content (AvgIpc) is 3.26. The first-order chi connectivity index (χ1) is 15.8. The van der Waals surface area contributed by atoms with E-state index < -0.39 is 5.60 Å². The zero-order valence-corrected chi connectivity index (χ0v) is 21.2. The number of amidine groups is 1. The van der Waals surface area contributed by atoms with Gasteiger partial charge in [0, 0.05) is 12.1 Å². The van der Waals surface area contributed by atoms with Crippen LogP contribution < -0.4 is 0 Å². The number of hydrogen-bond donors (Lipinski definition) is 0. The van der Waals surface area contributed by atoms with E-state index in [0.29, 0.717) is 19.0 Å². The van der Waals surface area contributed by atoms with Gasteiger partial charge in [0.05, 0.1) is 11.8 Å². The van der Waals surface area contributed by atoms with Crippen molar-refractivity contribution >= 4 is 17.6 Å². The van der Waals surface area contributed by atoms with Crippen LogP contribution in [0.1, 0.15) is 95.8 Å². The Balaban J connectivity index is 1.64. The number of carbonyl (C=O) groups excluding carboxylic acids is 1. The summed E-state index contributed by atoms with van der Waals surface area (Å²) in [6.07, 6.45) is 10.5. The second-order valence-electron chi connectivity index (χ2n) is 10.3. The first-order valence-corrected chi connectivity index (χ1v) is 12.7. The van der Waals surface area contributed by atoms with E-state index in [-0.39, 0.29) is 12.1 Å². The molecule has 1 fully saturated rings. The van der Waals surface area contributed by atoms with Gasteiger partial charge in [-0.1, -0.05) is 56.3 Å². The van der Waals surface area contributed by atoms with Crippen LogP contribution in [0.3, 0.4) is 0 Å². The molecule has 2 heterocycles. The molecule has 6 heteroatoms. The van der Waals surface area contributed by atoms with E-state index in [0.717, 1.165) is 30.5 Å². The molecule has 1 aromatic rings. The summed E-state index contributed by atoms with van der Waals surface area (Å²) < 4.78 is 5.60. The van der Waals surface area contributed by atoms with Crippen molar-refractivity contribution in [2.75, 3.05) is 13.2 Å². The molecule has 0 saturated carbocycles. The molecule has 33 heavy (non-hydrogen) atoms. The summed E-state index contributed by atoms with van der Waals surface area (Å²) in [4.78, 5) is 24.8. The van der Waals surface area contributed by atoms with Crippen LogP contribution in [0.15, 0.2) is 28.3 Å². The number of aliphatic imine (C=N–C) groups is 1. The third kappa shape index (κ3) is 7.31. The van der Waals surface area contributed by atoms with Gasteiger partial charge < -0.3 is 9.57 Å². The topological polar surface area (TPSA) is 63.5 Å². The molecule has 0 aromatic heterocycles. The number of ether oxygens (including phenoxy) is 1. The van der Waals surface area contributed by atoms with Crippen molar-refractivity contribution in [1.29, 1.82) is 0 Å². The second kappa shape index (κ2) is 11.7. The predicted octanol–water partition coefficient (Wildman–Crippen LogP) is 6.43. The molecule has 0 N–H and O–H groups in total. The van der Waals surface area contributed by atoms with Crippen LogP contribution in [-0.4, -0.2) is 47.3 Å². The number of hydrogen-bond acceptors (Lipinski definition) is 5. The molecule has 0 bridgehead atoms. The number of rotatable bonds is 9. The molecule has 182 valence electrons. The predicted molar refractivity (Wildman–Crippen MR) is 134 cm³/mol. The molecule has 1 atom stereocenters. The zero-order chi connectivity index (χ0) is 23.8. The van der Waals surface area contributed by atoms with E-state index in [1.807, 2.05) is 20.8 Å². The number of amides is 1. The molecule has 0 spiro atoms. The van der Waals surface area contributed by atoms with Crippen LogP contribution in [0, 0.1) is 6.92 Å². The van der Waals surface area contributed by atoms with Gasteiger partial charge in [0.2, 0.25) is 0 Å². The van der Waals surface area contributed by atoms with Crippen LogP contribution >= 0.6 is 0 Å². The molecular weight excluding hydrogens is 414 g/mol. The molecule has 1 aromatic carbocycles. The molecule has 6 nitrogen and oxygen atoms in total. The van der Waals surface area contributed by atoms with Gasteiger partial charge in [-0.15, -0.1) is 0 Å². The van der Waals surface area contributed by atoms with Crippen LogP contribution in [0.25, 0.3) is 0 Å². The highest BCUT2D eigenvalue weighted by Crippen LogP contribution is 2.24. The summed E-state index contributed by atoms with van der Waals surface area (Å²) in [5.41, 5.74) is 3.94. The summed E-state index contributed by atoms with van der Waals surface area (Å²) in [7, 11) is 0. The zero-order valence-electron chi connectivity index (χ0n) is 21.2. The molecule has 0 unspecified atom stereocenters. The normalized spacial score (nSPS) is 18.6. The maximum absolute atomic E-state index is 12.7. The van der Waals surface area contributed by atoms with Gasteiger partial charge in [-0.3, -0.25) is 4.90 Å². The maximum atomic E-state index is 12.7. The number of aryl methyl sites for hydroxylation is 2. The van der Waals surface area contributed by atoms with E-state index in [1.165, 1.54) is 49.7 Å². The Labute approximate surface area is 199 Å². The Kier molecular flexibility index (Phi) is 8.93. The average molecular weight is 456 g/mol. The van der Waals surface area contributed by atoms with Gasteiger partial charge in [-0.05, 0) is 70.6 Å². The van der Waals surface area contributed by atoms with E-state index >= 15 is 0 Å². The number of likely N-dealkylation sites (tertiary alicyclic amines) is 1. The van der Waals surface area contributed by atoms with Crippen molar-refractivity contribution in [2.45, 2.75) is 104 Å². The van der Waals surface area contributed by atoms with Crippen molar-refractivity contribution < 1.29 is 14.4 Å². The van der Waals surface area contributed by atoms with E-state index in [1.54, 1.807) is 4.90 Å². The Morgan fingerprint density at radius 3 is 2.67 bits per heavy atom. The molecule has 3 rings (SSSR count). The van der Waals surface area contributed by atoms with Crippen molar-refractivity contribution in [3.05, 3.63) is 34.9 Å². The monoisotopic (exact) mass is 455 g/mol. The summed E-state index contributed by atoms with van der Waals surface area (Å²) in [6, 6.07) is 6.35. The third-order valence-corrected chi connectivity index (χ3v) is 6.28. The minimum Gasteiger partial charge on any atom is -0.444 e. The van der Waals surface area contributed by atoms with Gasteiger partial charge in [0.1, 0.15) is 5.60 Å². The lowest BCUT2D eigenvalue weighted by atomic mass is 9.99. The standard InChI is InChI=1S/C27H41N3O3/c1-6-7-8-9-10-11-13-21-15-16-22(18-20(21)2)25-28-23(19-32-29-25)24-14-12-17-30(24)26(31)33-27(3,4)5/h15-16,18,24H,6-14,17,19H2,1-5H3/t24-/m0/s1. The van der Waals surface area contributed by atoms with Gasteiger partial charge in [0.25, 0.3) is 0 Å². The van der Waals surface area contributed by atoms with Crippen molar-refractivity contribution in [2.24, 2.45) is 10.1 Å². The highest BCUT2D eigenvalue weighted by atomic mass is 16.6. The van der Waals surface area contributed by atoms with Crippen LogP contribution in [0.5, 0.6) is 0 Å². The van der Waals surface area contributed by atoms with Crippen molar-refractivity contribution in [1.82, 2.24) is 4.90 Å². The molecule has 0 radical (unpaired) electrons. The van der Waals surface area contributed by atoms with Gasteiger partial charge >= 0.3 is 6.09 Å². The highest BCUT2D eigenvalue weighted by Gasteiger charge is 2.36. The molecule has 1 amide bonds. The maximum Gasteiger partial charge on any atom is 0.410 e. The number of unbranched alkanes of at least 4 members (excludes halogenated alkanes) is 5. The Morgan fingerprint density at radius 1 is 1.18 bits per heavy atom. The van der Waals surface area contributed by atoms with Gasteiger partial charge in [-0.25, -0.2) is 9.79 Å². The fourth-order valence-electron chi connectivity index (χ4n) is 4.50. The molecule has 1 saturated heterocycles.